The van der Waals surface area contributed by atoms with Gasteiger partial charge in [0.2, 0.25) is 11.4 Å². The number of para-hydroxylation sites is 4. The van der Waals surface area contributed by atoms with Gasteiger partial charge >= 0.3 is 0 Å². The summed E-state index contributed by atoms with van der Waals surface area (Å²) in [5, 5.41) is 0. The van der Waals surface area contributed by atoms with Crippen LogP contribution in [0.2, 0.25) is 0 Å². The van der Waals surface area contributed by atoms with E-state index < -0.39 is 0 Å². The van der Waals surface area contributed by atoms with Crippen LogP contribution in [-0.4, -0.2) is 46.8 Å². The lowest BCUT2D eigenvalue weighted by atomic mass is 9.81. The number of benzene rings is 4. The predicted octanol–water partition coefficient (Wildman–Crippen LogP) is 16.5. The van der Waals surface area contributed by atoms with Crippen LogP contribution < -0.4 is 9.80 Å². The molecule has 0 atom stereocenters. The molecule has 364 valence electrons. The fourth-order valence-corrected chi connectivity index (χ4v) is 11.3. The van der Waals surface area contributed by atoms with Crippen LogP contribution in [0.25, 0.3) is 0 Å². The molecule has 0 N–H and O–H groups in total. The number of hydrogen-bond acceptors (Lipinski definition) is 2. The van der Waals surface area contributed by atoms with Crippen LogP contribution in [0, 0.1) is 0 Å². The van der Waals surface area contributed by atoms with E-state index in [0.29, 0.717) is 0 Å². The maximum absolute atomic E-state index is 2.52. The van der Waals surface area contributed by atoms with E-state index in [2.05, 4.69) is 284 Å². The molecular weight excluding hydrogens is 849 g/mol. The van der Waals surface area contributed by atoms with Crippen LogP contribution in [0.5, 0.6) is 0 Å². The van der Waals surface area contributed by atoms with E-state index in [1.807, 2.05) is 0 Å². The third kappa shape index (κ3) is 10.2. The minimum Gasteiger partial charge on any atom is -0.344 e. The number of hydrogen-bond donors (Lipinski definition) is 0. The smallest absolute Gasteiger partial charge is 0.209 e. The molecule has 4 aliphatic heterocycles. The zero-order valence-corrected chi connectivity index (χ0v) is 44.8. The summed E-state index contributed by atoms with van der Waals surface area (Å²) in [7, 11) is 0. The van der Waals surface area contributed by atoms with Gasteiger partial charge in [0.15, 0.2) is 11.4 Å². The number of fused-ring (bicyclic) bond motifs is 4. The lowest BCUT2D eigenvalue weighted by molar-refractivity contribution is -0.438. The molecule has 0 saturated heterocycles. The van der Waals surface area contributed by atoms with Crippen LogP contribution in [0.4, 0.5) is 22.7 Å². The van der Waals surface area contributed by atoms with Gasteiger partial charge in [-0.25, -0.2) is 0 Å². The van der Waals surface area contributed by atoms with E-state index in [1.165, 1.54) is 93.5 Å². The van der Waals surface area contributed by atoms with Crippen LogP contribution in [0.3, 0.4) is 0 Å². The van der Waals surface area contributed by atoms with Crippen molar-refractivity contribution in [2.24, 2.45) is 0 Å². The van der Waals surface area contributed by atoms with Crippen molar-refractivity contribution < 1.29 is 9.15 Å². The molecule has 0 unspecified atom stereocenters. The quantitative estimate of drug-likeness (QED) is 0.0820. The zero-order valence-electron chi connectivity index (χ0n) is 44.8. The van der Waals surface area contributed by atoms with Gasteiger partial charge in [-0.3, -0.25) is 0 Å². The molecule has 0 radical (unpaired) electrons. The molecule has 4 aliphatic rings. The first-order chi connectivity index (χ1) is 33.7. The lowest BCUT2D eigenvalue weighted by Crippen LogP contribution is -2.27. The molecule has 0 saturated carbocycles. The molecule has 70 heavy (non-hydrogen) atoms. The highest BCUT2D eigenvalue weighted by atomic mass is 15.2. The molecule has 4 heterocycles. The molecule has 0 amide bonds. The fraction of sp³-hybridized carbons (Fsp3) is 0.364. The Kier molecular flexibility index (Phi) is 16.4. The summed E-state index contributed by atoms with van der Waals surface area (Å²) in [6.45, 7) is 31.7. The number of unbranched alkanes of at least 4 members (excludes halogenated alkanes) is 2. The van der Waals surface area contributed by atoms with Crippen LogP contribution in [0.15, 0.2) is 194 Å². The topological polar surface area (TPSA) is 12.5 Å². The van der Waals surface area contributed by atoms with Crippen molar-refractivity contribution in [1.82, 2.24) is 0 Å². The number of likely N-dealkylation sites (N-methyl/N-ethyl adjacent to an activating group) is 1. The number of nitrogens with zero attached hydrogens (tertiary/aromatic N) is 4. The molecule has 0 aliphatic carbocycles. The number of anilines is 2. The second-order valence-electron chi connectivity index (χ2n) is 21.2. The SMILES string of the molecule is CCCCN1/C(=C/C=C/C=C/C=C/C2=[N+](CCCC)c3ccccc3C2(C)C)C(C)(C)c2ccccc21.CCN1/C(=C/C=C/C=C/C=C/C2=[N+](CC)c3ccccc3C2(C)C)C(C)(C)c2ccccc21. The van der Waals surface area contributed by atoms with E-state index in [1.54, 1.807) is 0 Å². The molecule has 0 spiro atoms. The average Bonchev–Trinajstić information content (AvgIpc) is 3.90. The molecule has 4 heteroatoms. The number of allylic oxidation sites excluding steroid dienone is 16. The van der Waals surface area contributed by atoms with E-state index >= 15 is 0 Å². The molecule has 4 aromatic carbocycles. The highest BCUT2D eigenvalue weighted by Crippen LogP contribution is 2.49. The minimum absolute atomic E-state index is 0.0138. The van der Waals surface area contributed by atoms with Gasteiger partial charge in [0, 0.05) is 88.5 Å². The van der Waals surface area contributed by atoms with Crippen molar-refractivity contribution in [2.45, 2.75) is 130 Å². The predicted molar refractivity (Wildman–Crippen MR) is 304 cm³/mol. The highest BCUT2D eigenvalue weighted by Gasteiger charge is 2.45. The van der Waals surface area contributed by atoms with E-state index in [4.69, 9.17) is 0 Å². The van der Waals surface area contributed by atoms with Gasteiger partial charge < -0.3 is 9.80 Å². The van der Waals surface area contributed by atoms with Crippen molar-refractivity contribution in [3.63, 3.8) is 0 Å². The first-order valence-corrected chi connectivity index (χ1v) is 26.3. The molecule has 4 aromatic rings. The van der Waals surface area contributed by atoms with Crippen molar-refractivity contribution in [2.75, 3.05) is 36.0 Å². The van der Waals surface area contributed by atoms with Gasteiger partial charge in [-0.2, -0.15) is 9.15 Å². The zero-order chi connectivity index (χ0) is 50.1. The largest absolute Gasteiger partial charge is 0.344 e. The lowest BCUT2D eigenvalue weighted by Gasteiger charge is -2.27. The Morgan fingerprint density at radius 3 is 1.30 bits per heavy atom. The van der Waals surface area contributed by atoms with E-state index in [-0.39, 0.29) is 21.7 Å². The first-order valence-electron chi connectivity index (χ1n) is 26.3. The third-order valence-electron chi connectivity index (χ3n) is 15.2. The first kappa shape index (κ1) is 51.6. The van der Waals surface area contributed by atoms with Crippen molar-refractivity contribution in [3.05, 3.63) is 216 Å². The summed E-state index contributed by atoms with van der Waals surface area (Å²) >= 11 is 0. The summed E-state index contributed by atoms with van der Waals surface area (Å²) in [5.41, 5.74) is 16.6. The molecular formula is C66H82N4+2. The summed E-state index contributed by atoms with van der Waals surface area (Å²) in [6, 6.07) is 35.3. The van der Waals surface area contributed by atoms with Gasteiger partial charge in [0.05, 0.1) is 10.8 Å². The van der Waals surface area contributed by atoms with Gasteiger partial charge in [0.25, 0.3) is 0 Å². The second-order valence-corrected chi connectivity index (χ2v) is 21.2. The summed E-state index contributed by atoms with van der Waals surface area (Å²) in [6.07, 6.45) is 35.5. The monoisotopic (exact) mass is 931 g/mol. The van der Waals surface area contributed by atoms with E-state index in [0.717, 1.165) is 26.2 Å². The van der Waals surface area contributed by atoms with Crippen molar-refractivity contribution in [3.8, 4) is 0 Å². The third-order valence-corrected chi connectivity index (χ3v) is 15.2. The summed E-state index contributed by atoms with van der Waals surface area (Å²) in [5.74, 6) is 0. The Bertz CT molecular complexity index is 2820. The van der Waals surface area contributed by atoms with Gasteiger partial charge in [-0.15, -0.1) is 0 Å². The fourth-order valence-electron chi connectivity index (χ4n) is 11.3. The molecule has 0 bridgehead atoms. The van der Waals surface area contributed by atoms with Crippen LogP contribution in [-0.2, 0) is 21.7 Å². The Morgan fingerprint density at radius 1 is 0.414 bits per heavy atom. The van der Waals surface area contributed by atoms with Crippen LogP contribution >= 0.6 is 0 Å². The second kappa shape index (κ2) is 22.2. The average molecular weight is 931 g/mol. The Balaban J connectivity index is 0.000000208. The summed E-state index contributed by atoms with van der Waals surface area (Å²) < 4.78 is 4.95. The van der Waals surface area contributed by atoms with Crippen LogP contribution in [0.1, 0.15) is 131 Å². The Labute approximate surface area is 423 Å². The van der Waals surface area contributed by atoms with Crippen molar-refractivity contribution >= 4 is 34.2 Å². The Hall–Kier alpha value is -6.26. The standard InChI is InChI=1S/C35H45N2.C31H37N2/c1-7-9-26-36-30-22-18-16-20-28(30)34(3,4)32(36)24-14-12-11-13-15-25-33-35(5,6)29-21-17-19-23-31(29)37(33)27-10-8-2;1-7-32-26-20-16-14-18-24(26)30(3,4)28(32)22-12-10-9-11-13-23-29-31(5,6)25-19-15-17-21-27(25)33(29)8-2/h11-25H,7-10,26-27H2,1-6H3;9-23H,7-8H2,1-6H3/q2*+1. The van der Waals surface area contributed by atoms with E-state index in [9.17, 15) is 0 Å². The summed E-state index contributed by atoms with van der Waals surface area (Å²) in [4.78, 5) is 4.95. The van der Waals surface area contributed by atoms with Gasteiger partial charge in [-0.1, -0.05) is 188 Å². The maximum Gasteiger partial charge on any atom is 0.209 e. The minimum atomic E-state index is 0.0138. The molecule has 0 fully saturated rings. The Morgan fingerprint density at radius 2 is 0.814 bits per heavy atom. The highest BCUT2D eigenvalue weighted by molar-refractivity contribution is 6.04. The normalized spacial score (nSPS) is 19.6. The molecule has 0 aromatic heterocycles. The maximum atomic E-state index is 2.52. The van der Waals surface area contributed by atoms with Gasteiger partial charge in [-0.05, 0) is 83.4 Å². The molecule has 4 nitrogen and oxygen atoms in total. The van der Waals surface area contributed by atoms with Crippen molar-refractivity contribution in [1.29, 1.82) is 0 Å². The molecule has 8 rings (SSSR count). The van der Waals surface area contributed by atoms with Gasteiger partial charge in [0.1, 0.15) is 13.1 Å². The number of rotatable bonds is 16.